The summed E-state index contributed by atoms with van der Waals surface area (Å²) in [5, 5.41) is 24.5. The van der Waals surface area contributed by atoms with E-state index >= 15 is 0 Å². The van der Waals surface area contributed by atoms with Gasteiger partial charge in [0.15, 0.2) is 6.10 Å². The van der Waals surface area contributed by atoms with Gasteiger partial charge in [-0.3, -0.25) is 25.0 Å². The van der Waals surface area contributed by atoms with Gasteiger partial charge in [-0.15, -0.1) is 0 Å². The number of nitrogens with one attached hydrogen (secondary N) is 1. The first-order valence-corrected chi connectivity index (χ1v) is 11.4. The fourth-order valence-corrected chi connectivity index (χ4v) is 3.44. The highest BCUT2D eigenvalue weighted by Crippen LogP contribution is 2.22. The molecular weight excluding hydrogens is 426 g/mol. The predicted molar refractivity (Wildman–Crippen MR) is 126 cm³/mol. The number of rotatable bonds is 15. The second-order valence-corrected chi connectivity index (χ2v) is 7.92. The number of hydrogen-bond acceptors (Lipinski definition) is 6. The van der Waals surface area contributed by atoms with Crippen molar-refractivity contribution in [1.82, 2.24) is 0 Å². The number of anilines is 1. The van der Waals surface area contributed by atoms with Gasteiger partial charge in [0.2, 0.25) is 0 Å². The van der Waals surface area contributed by atoms with Crippen molar-refractivity contribution in [2.75, 3.05) is 5.32 Å². The monoisotopic (exact) mass is 457 g/mol. The summed E-state index contributed by atoms with van der Waals surface area (Å²) in [5.74, 6) is -0.0730. The number of benzene rings is 2. The molecular formula is C24H31N3O6. The van der Waals surface area contributed by atoms with Crippen LogP contribution in [-0.4, -0.2) is 21.9 Å². The zero-order valence-electron chi connectivity index (χ0n) is 18.9. The number of nitro groups is 2. The van der Waals surface area contributed by atoms with E-state index in [1.807, 2.05) is 0 Å². The molecule has 0 aliphatic rings. The first-order chi connectivity index (χ1) is 15.9. The molecule has 2 rings (SSSR count). The molecule has 2 aromatic rings. The maximum Gasteiger partial charge on any atom is 0.271 e. The largest absolute Gasteiger partial charge is 0.481 e. The second-order valence-electron chi connectivity index (χ2n) is 7.92. The van der Waals surface area contributed by atoms with Crippen molar-refractivity contribution in [3.8, 4) is 5.75 Å². The van der Waals surface area contributed by atoms with Crippen LogP contribution in [0.2, 0.25) is 0 Å². The predicted octanol–water partition coefficient (Wildman–Crippen LogP) is 6.42. The lowest BCUT2D eigenvalue weighted by atomic mass is 10.1. The van der Waals surface area contributed by atoms with Crippen LogP contribution in [-0.2, 0) is 4.79 Å². The van der Waals surface area contributed by atoms with Crippen LogP contribution in [0.4, 0.5) is 17.1 Å². The van der Waals surface area contributed by atoms with Crippen molar-refractivity contribution in [2.24, 2.45) is 0 Å². The Morgan fingerprint density at radius 2 is 1.48 bits per heavy atom. The molecule has 0 spiro atoms. The lowest BCUT2D eigenvalue weighted by molar-refractivity contribution is -0.385. The van der Waals surface area contributed by atoms with Gasteiger partial charge in [0.1, 0.15) is 5.75 Å². The highest BCUT2D eigenvalue weighted by atomic mass is 16.6. The van der Waals surface area contributed by atoms with Crippen molar-refractivity contribution >= 4 is 23.0 Å². The Bertz CT molecular complexity index is 917. The molecule has 2 aromatic carbocycles. The van der Waals surface area contributed by atoms with Crippen LogP contribution in [0.25, 0.3) is 0 Å². The molecule has 0 fully saturated rings. The third kappa shape index (κ3) is 9.26. The number of nitrogens with zero attached hydrogens (tertiary/aromatic N) is 2. The minimum absolute atomic E-state index is 0.0666. The first-order valence-electron chi connectivity index (χ1n) is 11.4. The Balaban J connectivity index is 1.99. The van der Waals surface area contributed by atoms with Gasteiger partial charge < -0.3 is 10.1 Å². The number of carbonyl (C=O) groups excluding carboxylic acids is 1. The molecule has 0 saturated heterocycles. The van der Waals surface area contributed by atoms with Crippen LogP contribution in [0.1, 0.15) is 64.7 Å². The number of amides is 1. The Kier molecular flexibility index (Phi) is 10.8. The standard InChI is InChI=1S/C24H31N3O6/c1-2-3-4-5-6-7-8-9-13-23(33-22-16-14-20(15-17-22)26(29)30)24(28)25-19-11-10-12-21(18-19)27(31)32/h10-12,14-18,23H,2-9,13H2,1H3,(H,25,28). The summed E-state index contributed by atoms with van der Waals surface area (Å²) in [6.07, 6.45) is 8.55. The normalized spacial score (nSPS) is 11.5. The third-order valence-corrected chi connectivity index (χ3v) is 5.26. The molecule has 0 aliphatic heterocycles. The molecule has 1 amide bonds. The molecule has 0 aliphatic carbocycles. The summed E-state index contributed by atoms with van der Waals surface area (Å²) >= 11 is 0. The van der Waals surface area contributed by atoms with Crippen LogP contribution < -0.4 is 10.1 Å². The zero-order valence-corrected chi connectivity index (χ0v) is 18.9. The molecule has 0 bridgehead atoms. The van der Waals surface area contributed by atoms with E-state index in [1.165, 1.54) is 68.1 Å². The van der Waals surface area contributed by atoms with Crippen molar-refractivity contribution < 1.29 is 19.4 Å². The number of non-ortho nitro benzene ring substituents is 2. The molecule has 0 saturated carbocycles. The van der Waals surface area contributed by atoms with E-state index in [4.69, 9.17) is 4.74 Å². The Hall–Kier alpha value is -3.49. The topological polar surface area (TPSA) is 125 Å². The van der Waals surface area contributed by atoms with Crippen LogP contribution >= 0.6 is 0 Å². The highest BCUT2D eigenvalue weighted by molar-refractivity contribution is 5.94. The van der Waals surface area contributed by atoms with Gasteiger partial charge >= 0.3 is 0 Å². The summed E-state index contributed by atoms with van der Waals surface area (Å²) in [6.45, 7) is 2.18. The van der Waals surface area contributed by atoms with E-state index in [9.17, 15) is 25.0 Å². The Morgan fingerprint density at radius 1 is 0.879 bits per heavy atom. The van der Waals surface area contributed by atoms with Gasteiger partial charge in [-0.25, -0.2) is 0 Å². The van der Waals surface area contributed by atoms with Crippen molar-refractivity contribution in [3.05, 3.63) is 68.8 Å². The van der Waals surface area contributed by atoms with Crippen molar-refractivity contribution in [3.63, 3.8) is 0 Å². The fourth-order valence-electron chi connectivity index (χ4n) is 3.44. The molecule has 9 nitrogen and oxygen atoms in total. The van der Waals surface area contributed by atoms with Gasteiger partial charge in [-0.1, -0.05) is 57.9 Å². The molecule has 1 atom stereocenters. The van der Waals surface area contributed by atoms with Crippen LogP contribution in [0.15, 0.2) is 48.5 Å². The average Bonchev–Trinajstić information content (AvgIpc) is 2.80. The van der Waals surface area contributed by atoms with E-state index < -0.39 is 21.9 Å². The molecule has 1 unspecified atom stereocenters. The van der Waals surface area contributed by atoms with Gasteiger partial charge in [0.25, 0.3) is 17.3 Å². The third-order valence-electron chi connectivity index (χ3n) is 5.26. The number of hydrogen-bond donors (Lipinski definition) is 1. The SMILES string of the molecule is CCCCCCCCCCC(Oc1ccc([N+](=O)[O-])cc1)C(=O)Nc1cccc([N+](=O)[O-])c1. The molecule has 33 heavy (non-hydrogen) atoms. The van der Waals surface area contributed by atoms with Gasteiger partial charge in [-0.2, -0.15) is 0 Å². The second kappa shape index (κ2) is 13.8. The van der Waals surface area contributed by atoms with Crippen LogP contribution in [0.5, 0.6) is 5.75 Å². The number of unbranched alkanes of at least 4 members (excludes halogenated alkanes) is 7. The maximum absolute atomic E-state index is 12.9. The Labute approximate surface area is 193 Å². The lowest BCUT2D eigenvalue weighted by Crippen LogP contribution is -2.33. The quantitative estimate of drug-likeness (QED) is 0.187. The van der Waals surface area contributed by atoms with Crippen LogP contribution in [0, 0.1) is 20.2 Å². The molecule has 0 heterocycles. The van der Waals surface area contributed by atoms with Gasteiger partial charge in [0, 0.05) is 30.0 Å². The van der Waals surface area contributed by atoms with E-state index in [2.05, 4.69) is 12.2 Å². The molecule has 0 radical (unpaired) electrons. The summed E-state index contributed by atoms with van der Waals surface area (Å²) in [4.78, 5) is 33.7. The molecule has 9 heteroatoms. The first kappa shape index (κ1) is 25.8. The molecule has 0 aromatic heterocycles. The zero-order chi connectivity index (χ0) is 24.1. The molecule has 178 valence electrons. The summed E-state index contributed by atoms with van der Waals surface area (Å²) in [5.41, 5.74) is 0.120. The van der Waals surface area contributed by atoms with E-state index in [0.717, 1.165) is 25.7 Å². The van der Waals surface area contributed by atoms with Gasteiger partial charge in [-0.05, 0) is 31.0 Å². The summed E-state index contributed by atoms with van der Waals surface area (Å²) in [7, 11) is 0. The number of ether oxygens (including phenoxy) is 1. The van der Waals surface area contributed by atoms with Crippen molar-refractivity contribution in [1.29, 1.82) is 0 Å². The van der Waals surface area contributed by atoms with E-state index in [-0.39, 0.29) is 11.4 Å². The number of carbonyl (C=O) groups is 1. The summed E-state index contributed by atoms with van der Waals surface area (Å²) in [6, 6.07) is 11.3. The minimum atomic E-state index is -0.828. The maximum atomic E-state index is 12.9. The average molecular weight is 458 g/mol. The summed E-state index contributed by atoms with van der Waals surface area (Å²) < 4.78 is 5.85. The fraction of sp³-hybridized carbons (Fsp3) is 0.458. The smallest absolute Gasteiger partial charge is 0.271 e. The minimum Gasteiger partial charge on any atom is -0.481 e. The van der Waals surface area contributed by atoms with E-state index in [0.29, 0.717) is 17.9 Å². The van der Waals surface area contributed by atoms with Crippen LogP contribution in [0.3, 0.4) is 0 Å². The van der Waals surface area contributed by atoms with Crippen molar-refractivity contribution in [2.45, 2.75) is 70.8 Å². The number of nitro benzene ring substituents is 2. The lowest BCUT2D eigenvalue weighted by Gasteiger charge is -2.19. The highest BCUT2D eigenvalue weighted by Gasteiger charge is 2.21. The Morgan fingerprint density at radius 3 is 2.09 bits per heavy atom. The van der Waals surface area contributed by atoms with E-state index in [1.54, 1.807) is 6.07 Å². The van der Waals surface area contributed by atoms with Gasteiger partial charge in [0.05, 0.1) is 9.85 Å². The molecule has 1 N–H and O–H groups in total.